The maximum Gasteiger partial charge on any atom is 0.243 e. The minimum Gasteiger partial charge on any atom is -0.388 e. The molecule has 3 aromatic rings. The predicted octanol–water partition coefficient (Wildman–Crippen LogP) is 3.34. The van der Waals surface area contributed by atoms with E-state index in [1.165, 1.54) is 11.0 Å². The van der Waals surface area contributed by atoms with Crippen LogP contribution in [0.5, 0.6) is 0 Å². The summed E-state index contributed by atoms with van der Waals surface area (Å²) in [6, 6.07) is 3.08. The van der Waals surface area contributed by atoms with Crippen LogP contribution in [0.2, 0.25) is 0 Å². The first-order chi connectivity index (χ1) is 14.1. The van der Waals surface area contributed by atoms with Crippen molar-refractivity contribution < 1.29 is 14.3 Å². The van der Waals surface area contributed by atoms with Crippen LogP contribution in [0.25, 0.3) is 11.0 Å². The Hall–Kier alpha value is -3.07. The highest BCUT2D eigenvalue weighted by molar-refractivity contribution is 6.13. The van der Waals surface area contributed by atoms with E-state index in [1.54, 1.807) is 27.0 Å². The van der Waals surface area contributed by atoms with Gasteiger partial charge in [-0.3, -0.25) is 9.69 Å². The molecule has 0 saturated carbocycles. The van der Waals surface area contributed by atoms with Gasteiger partial charge in [-0.1, -0.05) is 0 Å². The Labute approximate surface area is 173 Å². The summed E-state index contributed by atoms with van der Waals surface area (Å²) in [5.41, 5.74) is 0.902. The third kappa shape index (κ3) is 2.68. The molecule has 0 fully saturated rings. The molecule has 4 rings (SSSR count). The second-order valence-corrected chi connectivity index (χ2v) is 8.28. The number of aryl methyl sites for hydroxylation is 1. The minimum atomic E-state index is -0.930. The second-order valence-electron chi connectivity index (χ2n) is 8.28. The molecule has 1 aliphatic rings. The largest absolute Gasteiger partial charge is 0.388 e. The lowest BCUT2D eigenvalue weighted by molar-refractivity contribution is -0.121. The number of rotatable bonds is 4. The monoisotopic (exact) mass is 412 g/mol. The van der Waals surface area contributed by atoms with Crippen LogP contribution in [0.15, 0.2) is 12.1 Å². The van der Waals surface area contributed by atoms with Gasteiger partial charge in [-0.2, -0.15) is 0 Å². The molecular formula is C21H25FN6O2. The number of anilines is 3. The molecule has 1 amide bonds. The standard InChI is InChI=1S/C21H25FN6O2/c1-10(2)27-11(3)24-14-8-12(7-13(22)17(14)27)28-19-16(21(4,5)20(28)30)18(23-6)25-15(9-29)26-19/h7-8,10,29H,9H2,1-6H3,(H,23,25,26). The number of amides is 1. The molecule has 0 bridgehead atoms. The van der Waals surface area contributed by atoms with Crippen LogP contribution in [0.4, 0.5) is 21.7 Å². The lowest BCUT2D eigenvalue weighted by Gasteiger charge is -2.20. The number of hydrogen-bond acceptors (Lipinski definition) is 6. The molecule has 0 radical (unpaired) electrons. The Balaban J connectivity index is 1.98. The highest BCUT2D eigenvalue weighted by Crippen LogP contribution is 2.47. The van der Waals surface area contributed by atoms with Crippen LogP contribution in [0.3, 0.4) is 0 Å². The first-order valence-corrected chi connectivity index (χ1v) is 9.84. The number of fused-ring (bicyclic) bond motifs is 2. The van der Waals surface area contributed by atoms with Crippen LogP contribution in [0.1, 0.15) is 50.9 Å². The van der Waals surface area contributed by atoms with E-state index in [9.17, 15) is 9.90 Å². The maximum absolute atomic E-state index is 15.2. The van der Waals surface area contributed by atoms with E-state index in [0.29, 0.717) is 39.7 Å². The summed E-state index contributed by atoms with van der Waals surface area (Å²) < 4.78 is 17.1. The minimum absolute atomic E-state index is 0.0430. The number of aliphatic hydroxyl groups is 1. The number of carbonyl (C=O) groups is 1. The molecule has 2 N–H and O–H groups in total. The topological polar surface area (TPSA) is 96.2 Å². The van der Waals surface area contributed by atoms with Crippen LogP contribution in [-0.2, 0) is 16.8 Å². The SMILES string of the molecule is CNc1nc(CO)nc2c1C(C)(C)C(=O)N2c1cc(F)c2c(c1)nc(C)n2C(C)C. The van der Waals surface area contributed by atoms with Crippen LogP contribution < -0.4 is 10.2 Å². The molecule has 158 valence electrons. The molecule has 0 spiro atoms. The smallest absolute Gasteiger partial charge is 0.243 e. The molecule has 0 aliphatic carbocycles. The number of aliphatic hydroxyl groups excluding tert-OH is 1. The molecule has 1 aromatic carbocycles. The van der Waals surface area contributed by atoms with Gasteiger partial charge >= 0.3 is 0 Å². The summed E-state index contributed by atoms with van der Waals surface area (Å²) in [5.74, 6) is 0.971. The molecule has 2 aromatic heterocycles. The summed E-state index contributed by atoms with van der Waals surface area (Å²) in [4.78, 5) is 28.0. The fourth-order valence-electron chi connectivity index (χ4n) is 4.25. The molecule has 0 saturated heterocycles. The van der Waals surface area contributed by atoms with Gasteiger partial charge in [0, 0.05) is 19.2 Å². The molecule has 0 unspecified atom stereocenters. The number of hydrogen-bond donors (Lipinski definition) is 2. The molecule has 1 aliphatic heterocycles. The zero-order chi connectivity index (χ0) is 22.0. The van der Waals surface area contributed by atoms with Crippen molar-refractivity contribution in [2.45, 2.75) is 52.7 Å². The lowest BCUT2D eigenvalue weighted by Crippen LogP contribution is -2.33. The van der Waals surface area contributed by atoms with Crippen LogP contribution in [0, 0.1) is 12.7 Å². The van der Waals surface area contributed by atoms with Crippen molar-refractivity contribution in [2.75, 3.05) is 17.3 Å². The van der Waals surface area contributed by atoms with E-state index in [1.807, 2.05) is 25.3 Å². The van der Waals surface area contributed by atoms with Gasteiger partial charge in [0.2, 0.25) is 5.91 Å². The molecule has 3 heterocycles. The van der Waals surface area contributed by atoms with Crippen molar-refractivity contribution in [3.63, 3.8) is 0 Å². The highest BCUT2D eigenvalue weighted by atomic mass is 19.1. The second kappa shape index (κ2) is 6.73. The summed E-state index contributed by atoms with van der Waals surface area (Å²) in [6.45, 7) is 8.95. The Morgan fingerprint density at radius 2 is 1.93 bits per heavy atom. The molecular weight excluding hydrogens is 387 g/mol. The van der Waals surface area contributed by atoms with Crippen LogP contribution >= 0.6 is 0 Å². The van der Waals surface area contributed by atoms with Gasteiger partial charge < -0.3 is 15.0 Å². The fraction of sp³-hybridized carbons (Fsp3) is 0.429. The number of carbonyl (C=O) groups excluding carboxylic acids is 1. The number of aromatic nitrogens is 4. The average Bonchev–Trinajstić information content (AvgIpc) is 3.12. The van der Waals surface area contributed by atoms with Gasteiger partial charge in [-0.25, -0.2) is 19.3 Å². The van der Waals surface area contributed by atoms with Crippen molar-refractivity contribution in [1.82, 2.24) is 19.5 Å². The molecule has 8 nitrogen and oxygen atoms in total. The molecule has 30 heavy (non-hydrogen) atoms. The summed E-state index contributed by atoms with van der Waals surface area (Å²) >= 11 is 0. The number of nitrogens with one attached hydrogen (secondary N) is 1. The van der Waals surface area contributed by atoms with E-state index in [4.69, 9.17) is 0 Å². The Kier molecular flexibility index (Phi) is 4.54. The third-order valence-corrected chi connectivity index (χ3v) is 5.56. The van der Waals surface area contributed by atoms with Gasteiger partial charge in [0.05, 0.1) is 22.2 Å². The van der Waals surface area contributed by atoms with E-state index >= 15 is 4.39 Å². The number of imidazole rings is 1. The van der Waals surface area contributed by atoms with E-state index in [-0.39, 0.29) is 24.4 Å². The van der Waals surface area contributed by atoms with Crippen molar-refractivity contribution in [2.24, 2.45) is 0 Å². The van der Waals surface area contributed by atoms with E-state index in [0.717, 1.165) is 0 Å². The molecule has 9 heteroatoms. The first kappa shape index (κ1) is 20.2. The normalized spacial score (nSPS) is 15.4. The summed E-state index contributed by atoms with van der Waals surface area (Å²) in [5, 5.41) is 12.6. The van der Waals surface area contributed by atoms with Gasteiger partial charge in [-0.05, 0) is 40.7 Å². The van der Waals surface area contributed by atoms with Crippen molar-refractivity contribution in [3.8, 4) is 0 Å². The summed E-state index contributed by atoms with van der Waals surface area (Å²) in [6.07, 6.45) is 0. The Morgan fingerprint density at radius 1 is 1.23 bits per heavy atom. The fourth-order valence-corrected chi connectivity index (χ4v) is 4.25. The third-order valence-electron chi connectivity index (χ3n) is 5.56. The Bertz CT molecular complexity index is 1180. The first-order valence-electron chi connectivity index (χ1n) is 9.84. The number of halogens is 1. The zero-order valence-corrected chi connectivity index (χ0v) is 17.9. The van der Waals surface area contributed by atoms with Gasteiger partial charge in [0.25, 0.3) is 0 Å². The zero-order valence-electron chi connectivity index (χ0n) is 17.9. The highest BCUT2D eigenvalue weighted by Gasteiger charge is 2.48. The van der Waals surface area contributed by atoms with Gasteiger partial charge in [0.15, 0.2) is 11.6 Å². The van der Waals surface area contributed by atoms with E-state index in [2.05, 4.69) is 20.3 Å². The molecule has 0 atom stereocenters. The Morgan fingerprint density at radius 3 is 2.53 bits per heavy atom. The maximum atomic E-state index is 15.2. The quantitative estimate of drug-likeness (QED) is 0.682. The van der Waals surface area contributed by atoms with Crippen LogP contribution in [-0.4, -0.2) is 37.6 Å². The number of nitrogens with zero attached hydrogens (tertiary/aromatic N) is 5. The summed E-state index contributed by atoms with van der Waals surface area (Å²) in [7, 11) is 1.69. The lowest BCUT2D eigenvalue weighted by atomic mass is 9.87. The van der Waals surface area contributed by atoms with E-state index < -0.39 is 11.2 Å². The van der Waals surface area contributed by atoms with Gasteiger partial charge in [-0.15, -0.1) is 0 Å². The average molecular weight is 412 g/mol. The van der Waals surface area contributed by atoms with Crippen molar-refractivity contribution in [3.05, 3.63) is 35.2 Å². The van der Waals surface area contributed by atoms with Crippen molar-refractivity contribution >= 4 is 34.3 Å². The van der Waals surface area contributed by atoms with Gasteiger partial charge in [0.1, 0.15) is 29.6 Å². The number of benzene rings is 1. The predicted molar refractivity (Wildman–Crippen MR) is 112 cm³/mol. The van der Waals surface area contributed by atoms with Crippen molar-refractivity contribution in [1.29, 1.82) is 0 Å².